The van der Waals surface area contributed by atoms with Crippen LogP contribution in [0.15, 0.2) is 23.1 Å². The lowest BCUT2D eigenvalue weighted by Gasteiger charge is -2.44. The smallest absolute Gasteiger partial charge is 0.335 e. The van der Waals surface area contributed by atoms with E-state index in [1.165, 1.54) is 22.5 Å². The number of rotatable bonds is 4. The first-order chi connectivity index (χ1) is 12.8. The maximum Gasteiger partial charge on any atom is 0.335 e. The molecule has 0 aromatic heterocycles. The second-order valence-electron chi connectivity index (χ2n) is 7.83. The first kappa shape index (κ1) is 18.4. The number of carboxylic acid groups (broad SMARTS) is 1. The molecule has 3 fully saturated rings. The molecule has 4 rings (SSSR count). The lowest BCUT2D eigenvalue weighted by Crippen LogP contribution is -2.61. The predicted molar refractivity (Wildman–Crippen MR) is 98.0 cm³/mol. The van der Waals surface area contributed by atoms with Gasteiger partial charge in [-0.1, -0.05) is 6.07 Å². The molecule has 0 bridgehead atoms. The van der Waals surface area contributed by atoms with E-state index >= 15 is 0 Å². The summed E-state index contributed by atoms with van der Waals surface area (Å²) < 4.78 is 28.4. The van der Waals surface area contributed by atoms with Crippen LogP contribution in [0.4, 0.5) is 0 Å². The molecule has 1 aliphatic carbocycles. The predicted octanol–water partition coefficient (Wildman–Crippen LogP) is 2.00. The Labute approximate surface area is 159 Å². The third-order valence-corrected chi connectivity index (χ3v) is 8.18. The second kappa shape index (κ2) is 6.31. The summed E-state index contributed by atoms with van der Waals surface area (Å²) in [5.74, 6) is -1.24. The van der Waals surface area contributed by atoms with Gasteiger partial charge in [-0.3, -0.25) is 4.79 Å². The van der Waals surface area contributed by atoms with Gasteiger partial charge in [-0.05, 0) is 63.1 Å². The number of piperidine rings is 1. The number of aryl methyl sites for hydroxylation is 1. The molecular weight excluding hydrogens is 368 g/mol. The maximum atomic E-state index is 13.5. The summed E-state index contributed by atoms with van der Waals surface area (Å²) in [6, 6.07) is 4.39. The van der Waals surface area contributed by atoms with Crippen molar-refractivity contribution in [2.24, 2.45) is 0 Å². The largest absolute Gasteiger partial charge is 0.478 e. The van der Waals surface area contributed by atoms with Crippen LogP contribution in [0.3, 0.4) is 0 Å². The van der Waals surface area contributed by atoms with Crippen LogP contribution in [0, 0.1) is 6.92 Å². The Kier molecular flexibility index (Phi) is 4.31. The molecule has 146 valence electrons. The van der Waals surface area contributed by atoms with Gasteiger partial charge in [0.25, 0.3) is 0 Å². The van der Waals surface area contributed by atoms with Gasteiger partial charge in [0.15, 0.2) is 0 Å². The molecule has 1 aromatic carbocycles. The van der Waals surface area contributed by atoms with Gasteiger partial charge in [-0.25, -0.2) is 13.2 Å². The molecule has 2 saturated heterocycles. The van der Waals surface area contributed by atoms with E-state index in [0.29, 0.717) is 37.9 Å². The van der Waals surface area contributed by atoms with Gasteiger partial charge in [0.05, 0.1) is 10.5 Å². The van der Waals surface area contributed by atoms with Crippen molar-refractivity contribution in [3.8, 4) is 0 Å². The number of hydrogen-bond acceptors (Lipinski definition) is 4. The van der Waals surface area contributed by atoms with E-state index in [-0.39, 0.29) is 22.4 Å². The fourth-order valence-corrected chi connectivity index (χ4v) is 6.63. The number of carboxylic acids is 1. The van der Waals surface area contributed by atoms with Crippen molar-refractivity contribution in [3.05, 3.63) is 29.3 Å². The molecule has 1 N–H and O–H groups in total. The molecule has 1 saturated carbocycles. The van der Waals surface area contributed by atoms with E-state index in [2.05, 4.69) is 0 Å². The highest BCUT2D eigenvalue weighted by Crippen LogP contribution is 2.44. The standard InChI is InChI=1S/C19H24N2O5S/c1-13-4-5-14(17(22)23)12-16(13)27(25,26)21-11-3-9-19(21)8-2-10-20(18(19)24)15-6-7-15/h4-5,12,15H,2-3,6-11H2,1H3,(H,22,23). The number of carbonyl (C=O) groups is 2. The van der Waals surface area contributed by atoms with E-state index in [1.807, 2.05) is 4.90 Å². The van der Waals surface area contributed by atoms with Crippen molar-refractivity contribution >= 4 is 21.9 Å². The number of likely N-dealkylation sites (tertiary alicyclic amines) is 1. The maximum absolute atomic E-state index is 13.5. The van der Waals surface area contributed by atoms with Crippen molar-refractivity contribution in [2.45, 2.75) is 61.9 Å². The molecule has 1 aromatic rings. The highest BCUT2D eigenvalue weighted by Gasteiger charge is 2.57. The zero-order valence-corrected chi connectivity index (χ0v) is 16.2. The molecule has 8 heteroatoms. The van der Waals surface area contributed by atoms with E-state index < -0.39 is 21.5 Å². The first-order valence-electron chi connectivity index (χ1n) is 9.45. The fourth-order valence-electron chi connectivity index (χ4n) is 4.55. The van der Waals surface area contributed by atoms with Crippen molar-refractivity contribution < 1.29 is 23.1 Å². The minimum absolute atomic E-state index is 0.0139. The summed E-state index contributed by atoms with van der Waals surface area (Å²) in [5.41, 5.74) is -0.586. The van der Waals surface area contributed by atoms with E-state index in [0.717, 1.165) is 19.3 Å². The van der Waals surface area contributed by atoms with Gasteiger partial charge in [0.1, 0.15) is 5.54 Å². The Morgan fingerprint density at radius 3 is 2.48 bits per heavy atom. The number of amides is 1. The van der Waals surface area contributed by atoms with Crippen LogP contribution >= 0.6 is 0 Å². The topological polar surface area (TPSA) is 95.0 Å². The highest BCUT2D eigenvalue weighted by molar-refractivity contribution is 7.89. The molecule has 7 nitrogen and oxygen atoms in total. The third-order valence-electron chi connectivity index (χ3n) is 6.07. The van der Waals surface area contributed by atoms with Crippen LogP contribution in [0.1, 0.15) is 54.4 Å². The molecule has 2 aliphatic heterocycles. The van der Waals surface area contributed by atoms with Crippen molar-refractivity contribution in [3.63, 3.8) is 0 Å². The van der Waals surface area contributed by atoms with Crippen LogP contribution in [0.25, 0.3) is 0 Å². The Balaban J connectivity index is 1.76. The monoisotopic (exact) mass is 392 g/mol. The van der Waals surface area contributed by atoms with Crippen LogP contribution < -0.4 is 0 Å². The Bertz CT molecular complexity index is 909. The van der Waals surface area contributed by atoms with Gasteiger partial charge in [-0.15, -0.1) is 0 Å². The van der Waals surface area contributed by atoms with Crippen LogP contribution in [0.5, 0.6) is 0 Å². The highest BCUT2D eigenvalue weighted by atomic mass is 32.2. The molecule has 27 heavy (non-hydrogen) atoms. The van der Waals surface area contributed by atoms with Crippen molar-refractivity contribution in [1.29, 1.82) is 0 Å². The molecular formula is C19H24N2O5S. The van der Waals surface area contributed by atoms with Gasteiger partial charge >= 0.3 is 5.97 Å². The van der Waals surface area contributed by atoms with Crippen LogP contribution in [-0.2, 0) is 14.8 Å². The SMILES string of the molecule is Cc1ccc(C(=O)O)cc1S(=O)(=O)N1CCCC12CCCN(C1CC1)C2=O. The molecule has 1 spiro atoms. The number of nitrogens with zero attached hydrogens (tertiary/aromatic N) is 2. The Morgan fingerprint density at radius 2 is 1.85 bits per heavy atom. The minimum Gasteiger partial charge on any atom is -0.478 e. The molecule has 2 heterocycles. The van der Waals surface area contributed by atoms with E-state index in [4.69, 9.17) is 0 Å². The van der Waals surface area contributed by atoms with E-state index in [9.17, 15) is 23.1 Å². The zero-order valence-electron chi connectivity index (χ0n) is 15.3. The van der Waals surface area contributed by atoms with Gasteiger partial charge in [0, 0.05) is 19.1 Å². The average Bonchev–Trinajstić information content (AvgIpc) is 3.37. The summed E-state index contributed by atoms with van der Waals surface area (Å²) in [5, 5.41) is 9.25. The first-order valence-corrected chi connectivity index (χ1v) is 10.9. The molecule has 1 amide bonds. The van der Waals surface area contributed by atoms with Crippen LogP contribution in [-0.4, -0.2) is 59.3 Å². The van der Waals surface area contributed by atoms with Crippen LogP contribution in [0.2, 0.25) is 0 Å². The molecule has 1 atom stereocenters. The summed E-state index contributed by atoms with van der Waals surface area (Å²) in [6.45, 7) is 2.65. The number of sulfonamides is 1. The summed E-state index contributed by atoms with van der Waals surface area (Å²) in [6.07, 6.45) is 4.49. The Morgan fingerprint density at radius 1 is 1.19 bits per heavy atom. The van der Waals surface area contributed by atoms with Gasteiger partial charge in [-0.2, -0.15) is 4.31 Å². The quantitative estimate of drug-likeness (QED) is 0.846. The van der Waals surface area contributed by atoms with Crippen molar-refractivity contribution in [2.75, 3.05) is 13.1 Å². The number of hydrogen-bond donors (Lipinski definition) is 1. The van der Waals surface area contributed by atoms with Crippen molar-refractivity contribution in [1.82, 2.24) is 9.21 Å². The summed E-state index contributed by atoms with van der Waals surface area (Å²) in [7, 11) is -3.97. The molecule has 3 aliphatic rings. The van der Waals surface area contributed by atoms with Gasteiger partial charge < -0.3 is 10.0 Å². The summed E-state index contributed by atoms with van der Waals surface area (Å²) in [4.78, 5) is 26.5. The van der Waals surface area contributed by atoms with Gasteiger partial charge in [0.2, 0.25) is 15.9 Å². The molecule has 1 unspecified atom stereocenters. The fraction of sp³-hybridized carbons (Fsp3) is 0.579. The lowest BCUT2D eigenvalue weighted by atomic mass is 9.86. The zero-order chi connectivity index (χ0) is 19.4. The number of benzene rings is 1. The second-order valence-corrected chi connectivity index (χ2v) is 9.66. The minimum atomic E-state index is -3.97. The summed E-state index contributed by atoms with van der Waals surface area (Å²) >= 11 is 0. The van der Waals surface area contributed by atoms with E-state index in [1.54, 1.807) is 6.92 Å². The Hall–Kier alpha value is -1.93. The normalized spacial score (nSPS) is 26.7. The molecule has 0 radical (unpaired) electrons. The number of aromatic carboxylic acids is 1. The lowest BCUT2D eigenvalue weighted by molar-refractivity contribution is -0.145. The third kappa shape index (κ3) is 2.86. The average molecular weight is 392 g/mol. The number of carbonyl (C=O) groups excluding carboxylic acids is 1.